The molecule has 1 aromatic carbocycles. The second-order valence-electron chi connectivity index (χ2n) is 8.26. The highest BCUT2D eigenvalue weighted by Crippen LogP contribution is 2.39. The molecule has 0 spiro atoms. The van der Waals surface area contributed by atoms with Gasteiger partial charge in [-0.3, -0.25) is 14.0 Å². The van der Waals surface area contributed by atoms with Crippen LogP contribution in [0, 0.1) is 5.92 Å². The molecule has 0 unspecified atom stereocenters. The van der Waals surface area contributed by atoms with Crippen molar-refractivity contribution >= 4 is 17.5 Å². The van der Waals surface area contributed by atoms with E-state index in [0.717, 1.165) is 29.9 Å². The lowest BCUT2D eigenvalue weighted by Gasteiger charge is -2.34. The Balaban J connectivity index is 1.31. The molecule has 2 aromatic heterocycles. The number of pyridine rings is 1. The molecule has 2 atom stereocenters. The van der Waals surface area contributed by atoms with Gasteiger partial charge in [0.1, 0.15) is 5.82 Å². The van der Waals surface area contributed by atoms with E-state index < -0.39 is 0 Å². The summed E-state index contributed by atoms with van der Waals surface area (Å²) in [7, 11) is 1.80. The molecule has 0 radical (unpaired) electrons. The zero-order chi connectivity index (χ0) is 20.7. The Hall–Kier alpha value is -3.22. The summed E-state index contributed by atoms with van der Waals surface area (Å²) < 4.78 is 2.04. The number of aromatic nitrogens is 3. The smallest absolute Gasteiger partial charge is 0.228 e. The van der Waals surface area contributed by atoms with E-state index in [-0.39, 0.29) is 36.1 Å². The zero-order valence-corrected chi connectivity index (χ0v) is 17.0. The van der Waals surface area contributed by atoms with Crippen molar-refractivity contribution in [1.29, 1.82) is 0 Å². The van der Waals surface area contributed by atoms with E-state index in [1.807, 2.05) is 64.0 Å². The van der Waals surface area contributed by atoms with Crippen molar-refractivity contribution in [3.63, 3.8) is 0 Å². The topological polar surface area (TPSA) is 70.8 Å². The van der Waals surface area contributed by atoms with Crippen molar-refractivity contribution in [2.75, 3.05) is 20.1 Å². The van der Waals surface area contributed by atoms with Crippen molar-refractivity contribution in [2.24, 2.45) is 5.92 Å². The third kappa shape index (κ3) is 3.14. The highest BCUT2D eigenvalue weighted by molar-refractivity contribution is 5.90. The number of benzene rings is 1. The summed E-state index contributed by atoms with van der Waals surface area (Å²) in [6.45, 7) is 1.36. The molecular formula is C23H25N5O2. The molecular weight excluding hydrogens is 378 g/mol. The first kappa shape index (κ1) is 18.8. The predicted molar refractivity (Wildman–Crippen MR) is 112 cm³/mol. The molecule has 2 fully saturated rings. The maximum absolute atomic E-state index is 13.4. The lowest BCUT2D eigenvalue weighted by atomic mass is 9.90. The minimum Gasteiger partial charge on any atom is -0.342 e. The second-order valence-corrected chi connectivity index (χ2v) is 8.26. The van der Waals surface area contributed by atoms with E-state index in [4.69, 9.17) is 0 Å². The van der Waals surface area contributed by atoms with Crippen molar-refractivity contribution in [3.8, 4) is 0 Å². The highest BCUT2D eigenvalue weighted by Gasteiger charge is 2.44. The Bertz CT molecular complexity index is 1070. The summed E-state index contributed by atoms with van der Waals surface area (Å²) in [6, 6.07) is 15.6. The van der Waals surface area contributed by atoms with Crippen molar-refractivity contribution < 1.29 is 9.59 Å². The fourth-order valence-electron chi connectivity index (χ4n) is 4.93. The number of nitrogens with zero attached hydrogens (tertiary/aromatic N) is 5. The molecule has 3 aromatic rings. The van der Waals surface area contributed by atoms with Crippen LogP contribution in [0.2, 0.25) is 0 Å². The summed E-state index contributed by atoms with van der Waals surface area (Å²) in [4.78, 5) is 29.5. The van der Waals surface area contributed by atoms with E-state index in [1.54, 1.807) is 11.9 Å². The molecule has 0 bridgehead atoms. The van der Waals surface area contributed by atoms with Gasteiger partial charge in [0.15, 0.2) is 5.65 Å². The van der Waals surface area contributed by atoms with Gasteiger partial charge in [-0.2, -0.15) is 0 Å². The standard InChI is InChI=1S/C23H25N5O2/c1-26-20(29)15-18(21(26)16-7-3-2-4-8-16)23(30)27-13-10-17(11-14-27)22-25-24-19-9-5-6-12-28(19)22/h2-9,12,17-18,21H,10-11,13-15H2,1H3/t18-,21-/m0/s1. The van der Waals surface area contributed by atoms with Gasteiger partial charge < -0.3 is 9.80 Å². The van der Waals surface area contributed by atoms with Crippen LogP contribution in [-0.2, 0) is 9.59 Å². The fraction of sp³-hybridized carbons (Fsp3) is 0.391. The molecule has 0 aliphatic carbocycles. The van der Waals surface area contributed by atoms with E-state index in [9.17, 15) is 9.59 Å². The van der Waals surface area contributed by atoms with Gasteiger partial charge in [-0.25, -0.2) is 0 Å². The van der Waals surface area contributed by atoms with Gasteiger partial charge in [0.05, 0.1) is 12.0 Å². The Labute approximate surface area is 175 Å². The number of hydrogen-bond donors (Lipinski definition) is 0. The predicted octanol–water partition coefficient (Wildman–Crippen LogP) is 2.65. The molecule has 154 valence electrons. The monoisotopic (exact) mass is 403 g/mol. The SMILES string of the molecule is CN1C(=O)C[C@H](C(=O)N2CCC(c3nnc4ccccn34)CC2)[C@@H]1c1ccccc1. The fourth-order valence-corrected chi connectivity index (χ4v) is 4.93. The van der Waals surface area contributed by atoms with Crippen LogP contribution in [0.3, 0.4) is 0 Å². The van der Waals surface area contributed by atoms with Crippen LogP contribution in [-0.4, -0.2) is 56.3 Å². The Morgan fingerprint density at radius 3 is 2.50 bits per heavy atom. The van der Waals surface area contributed by atoms with E-state index in [1.165, 1.54) is 0 Å². The maximum Gasteiger partial charge on any atom is 0.228 e. The zero-order valence-electron chi connectivity index (χ0n) is 17.0. The number of fused-ring (bicyclic) bond motifs is 1. The number of rotatable bonds is 3. The van der Waals surface area contributed by atoms with Crippen LogP contribution >= 0.6 is 0 Å². The lowest BCUT2D eigenvalue weighted by Crippen LogP contribution is -2.43. The number of carbonyl (C=O) groups is 2. The van der Waals surface area contributed by atoms with Crippen LogP contribution < -0.4 is 0 Å². The van der Waals surface area contributed by atoms with Gasteiger partial charge in [-0.05, 0) is 30.5 Å². The first-order chi connectivity index (χ1) is 14.6. The molecule has 0 N–H and O–H groups in total. The van der Waals surface area contributed by atoms with E-state index >= 15 is 0 Å². The van der Waals surface area contributed by atoms with Crippen LogP contribution in [0.1, 0.15) is 42.6 Å². The van der Waals surface area contributed by atoms with Crippen molar-refractivity contribution in [2.45, 2.75) is 31.2 Å². The van der Waals surface area contributed by atoms with Gasteiger partial charge in [0.25, 0.3) is 0 Å². The largest absolute Gasteiger partial charge is 0.342 e. The molecule has 0 saturated carbocycles. The molecule has 2 amide bonds. The second kappa shape index (κ2) is 7.55. The molecule has 30 heavy (non-hydrogen) atoms. The average Bonchev–Trinajstić information content (AvgIpc) is 3.35. The van der Waals surface area contributed by atoms with E-state index in [2.05, 4.69) is 10.2 Å². The maximum atomic E-state index is 13.4. The van der Waals surface area contributed by atoms with Crippen LogP contribution in [0.5, 0.6) is 0 Å². The minimum absolute atomic E-state index is 0.0343. The molecule has 2 aliphatic heterocycles. The van der Waals surface area contributed by atoms with E-state index in [0.29, 0.717) is 13.1 Å². The summed E-state index contributed by atoms with van der Waals surface area (Å²) in [5.41, 5.74) is 1.87. The van der Waals surface area contributed by atoms with Crippen LogP contribution in [0.4, 0.5) is 0 Å². The van der Waals surface area contributed by atoms with Crippen molar-refractivity contribution in [3.05, 3.63) is 66.1 Å². The lowest BCUT2D eigenvalue weighted by molar-refractivity contribution is -0.137. The Morgan fingerprint density at radius 2 is 1.73 bits per heavy atom. The van der Waals surface area contributed by atoms with Crippen LogP contribution in [0.15, 0.2) is 54.7 Å². The molecule has 4 heterocycles. The van der Waals surface area contributed by atoms with Crippen LogP contribution in [0.25, 0.3) is 5.65 Å². The molecule has 2 saturated heterocycles. The normalized spacial score (nSPS) is 22.8. The Morgan fingerprint density at radius 1 is 1.00 bits per heavy atom. The number of hydrogen-bond acceptors (Lipinski definition) is 4. The molecule has 5 rings (SSSR count). The van der Waals surface area contributed by atoms with Gasteiger partial charge >= 0.3 is 0 Å². The first-order valence-electron chi connectivity index (χ1n) is 10.5. The summed E-state index contributed by atoms with van der Waals surface area (Å²) in [6.07, 6.45) is 3.98. The number of piperidine rings is 1. The van der Waals surface area contributed by atoms with Crippen molar-refractivity contribution in [1.82, 2.24) is 24.4 Å². The molecule has 7 nitrogen and oxygen atoms in total. The average molecular weight is 403 g/mol. The third-order valence-corrected chi connectivity index (χ3v) is 6.56. The highest BCUT2D eigenvalue weighted by atomic mass is 16.2. The summed E-state index contributed by atoms with van der Waals surface area (Å²) in [5, 5.41) is 8.66. The molecule has 7 heteroatoms. The summed E-state index contributed by atoms with van der Waals surface area (Å²) in [5.74, 6) is 1.05. The van der Waals surface area contributed by atoms with Gasteiger partial charge in [-0.1, -0.05) is 36.4 Å². The summed E-state index contributed by atoms with van der Waals surface area (Å²) >= 11 is 0. The number of likely N-dealkylation sites (tertiary alicyclic amines) is 2. The number of amides is 2. The Kier molecular flexibility index (Phi) is 4.73. The minimum atomic E-state index is -0.324. The first-order valence-corrected chi connectivity index (χ1v) is 10.5. The van der Waals surface area contributed by atoms with Gasteiger partial charge in [0.2, 0.25) is 11.8 Å². The third-order valence-electron chi connectivity index (χ3n) is 6.56. The van der Waals surface area contributed by atoms with Gasteiger partial charge in [-0.15, -0.1) is 10.2 Å². The number of carbonyl (C=O) groups excluding carboxylic acids is 2. The molecule has 2 aliphatic rings. The quantitative estimate of drug-likeness (QED) is 0.674. The van der Waals surface area contributed by atoms with Gasteiger partial charge in [0, 0.05) is 38.7 Å².